The molecule has 0 spiro atoms. The van der Waals surface area contributed by atoms with Gasteiger partial charge >= 0.3 is 5.97 Å². The molecule has 0 saturated carbocycles. The quantitative estimate of drug-likeness (QED) is 0.252. The molecular weight excluding hydrogens is 428 g/mol. The Morgan fingerprint density at radius 1 is 0.824 bits per heavy atom. The fourth-order valence-electron chi connectivity index (χ4n) is 3.30. The van der Waals surface area contributed by atoms with Gasteiger partial charge < -0.3 is 14.2 Å². The van der Waals surface area contributed by atoms with E-state index < -0.39 is 6.10 Å². The molecule has 174 valence electrons. The second-order valence-corrected chi connectivity index (χ2v) is 7.54. The Morgan fingerprint density at radius 2 is 1.47 bits per heavy atom. The van der Waals surface area contributed by atoms with Crippen LogP contribution in [0.15, 0.2) is 78.9 Å². The predicted octanol–water partition coefficient (Wildman–Crippen LogP) is 4.66. The fraction of sp³-hybridized carbons (Fsp3) is 0.241. The predicted molar refractivity (Wildman–Crippen MR) is 131 cm³/mol. The molecule has 34 heavy (non-hydrogen) atoms. The Hall–Kier alpha value is -3.88. The number of methoxy groups -OCH3 is 1. The van der Waals surface area contributed by atoms with Crippen LogP contribution in [-0.4, -0.2) is 38.2 Å². The number of esters is 1. The molecule has 0 heterocycles. The third-order valence-electron chi connectivity index (χ3n) is 5.16. The van der Waals surface area contributed by atoms with Gasteiger partial charge in [0.05, 0.1) is 6.61 Å². The first-order valence-electron chi connectivity index (χ1n) is 11.2. The van der Waals surface area contributed by atoms with Crippen molar-refractivity contribution < 1.29 is 23.8 Å². The highest BCUT2D eigenvalue weighted by Crippen LogP contribution is 2.15. The van der Waals surface area contributed by atoms with E-state index in [9.17, 15) is 9.59 Å². The van der Waals surface area contributed by atoms with Crippen molar-refractivity contribution in [2.24, 2.45) is 0 Å². The molecule has 0 fully saturated rings. The summed E-state index contributed by atoms with van der Waals surface area (Å²) in [6, 6.07) is 24.2. The van der Waals surface area contributed by atoms with Gasteiger partial charge in [-0.2, -0.15) is 0 Å². The van der Waals surface area contributed by atoms with Crippen molar-refractivity contribution in [3.8, 4) is 17.6 Å². The van der Waals surface area contributed by atoms with E-state index in [1.54, 1.807) is 43.3 Å². The molecule has 0 radical (unpaired) electrons. The number of hydrogen-bond donors (Lipinski definition) is 0. The molecular formula is C29H28O5. The number of carbonyl (C=O) groups is 2. The number of hydrogen-bond acceptors (Lipinski definition) is 5. The van der Waals surface area contributed by atoms with E-state index in [1.807, 2.05) is 42.5 Å². The highest BCUT2D eigenvalue weighted by molar-refractivity contribution is 6.08. The van der Waals surface area contributed by atoms with E-state index in [1.165, 1.54) is 7.11 Å². The van der Waals surface area contributed by atoms with Crippen molar-refractivity contribution in [1.82, 2.24) is 0 Å². The summed E-state index contributed by atoms with van der Waals surface area (Å²) in [7, 11) is 1.51. The van der Waals surface area contributed by atoms with Crippen molar-refractivity contribution in [2.75, 3.05) is 20.3 Å². The standard InChI is InChI=1S/C29H28O5/c1-3-33-29(31)27(32-2)21-23-14-12-22(13-15-23)9-7-8-20-34-26-18-16-25(17-19-26)28(30)24-10-5-4-6-11-24/h4-6,10-19,27H,3,9,20-21H2,1-2H3/t27-/m0/s1. The van der Waals surface area contributed by atoms with Crippen LogP contribution in [0.3, 0.4) is 0 Å². The average molecular weight is 457 g/mol. The zero-order valence-corrected chi connectivity index (χ0v) is 19.5. The zero-order chi connectivity index (χ0) is 24.2. The summed E-state index contributed by atoms with van der Waals surface area (Å²) < 4.78 is 15.9. The highest BCUT2D eigenvalue weighted by atomic mass is 16.6. The van der Waals surface area contributed by atoms with Crippen molar-refractivity contribution in [3.05, 3.63) is 101 Å². The van der Waals surface area contributed by atoms with Crippen molar-refractivity contribution in [1.29, 1.82) is 0 Å². The highest BCUT2D eigenvalue weighted by Gasteiger charge is 2.19. The maximum absolute atomic E-state index is 12.4. The van der Waals surface area contributed by atoms with Gasteiger partial charge in [0.15, 0.2) is 11.9 Å². The van der Waals surface area contributed by atoms with Crippen molar-refractivity contribution in [2.45, 2.75) is 25.9 Å². The number of benzene rings is 3. The van der Waals surface area contributed by atoms with E-state index in [4.69, 9.17) is 14.2 Å². The largest absolute Gasteiger partial charge is 0.481 e. The Morgan fingerprint density at radius 3 is 2.12 bits per heavy atom. The maximum atomic E-state index is 12.4. The van der Waals surface area contributed by atoms with E-state index >= 15 is 0 Å². The summed E-state index contributed by atoms with van der Waals surface area (Å²) in [6.45, 7) is 2.37. The maximum Gasteiger partial charge on any atom is 0.335 e. The van der Waals surface area contributed by atoms with E-state index in [0.717, 1.165) is 11.1 Å². The molecule has 0 N–H and O–H groups in total. The SMILES string of the molecule is CCOC(=O)[C@H](Cc1ccc(CC#CCOc2ccc(C(=O)c3ccccc3)cc2)cc1)OC. The molecule has 1 atom stereocenters. The van der Waals surface area contributed by atoms with Crippen molar-refractivity contribution >= 4 is 11.8 Å². The van der Waals surface area contributed by atoms with Gasteiger partial charge in [-0.3, -0.25) is 4.79 Å². The van der Waals surface area contributed by atoms with Gasteiger partial charge in [-0.15, -0.1) is 0 Å². The Bertz CT molecular complexity index is 1120. The molecule has 5 heteroatoms. The molecule has 3 aromatic rings. The lowest BCUT2D eigenvalue weighted by atomic mass is 10.0. The van der Waals surface area contributed by atoms with Crippen LogP contribution in [0.4, 0.5) is 0 Å². The van der Waals surface area contributed by atoms with Gasteiger partial charge in [-0.1, -0.05) is 66.4 Å². The third-order valence-corrected chi connectivity index (χ3v) is 5.16. The summed E-state index contributed by atoms with van der Waals surface area (Å²) in [4.78, 5) is 24.3. The van der Waals surface area contributed by atoms with Crippen LogP contribution in [0.2, 0.25) is 0 Å². The number of ether oxygens (including phenoxy) is 3. The van der Waals surface area contributed by atoms with Crippen LogP contribution in [0.25, 0.3) is 0 Å². The molecule has 0 unspecified atom stereocenters. The second kappa shape index (κ2) is 13.0. The molecule has 3 aromatic carbocycles. The van der Waals surface area contributed by atoms with Crippen molar-refractivity contribution in [3.63, 3.8) is 0 Å². The molecule has 0 bridgehead atoms. The molecule has 0 aliphatic heterocycles. The second-order valence-electron chi connectivity index (χ2n) is 7.54. The first-order valence-corrected chi connectivity index (χ1v) is 11.2. The molecule has 0 aliphatic rings. The molecule has 0 amide bonds. The van der Waals surface area contributed by atoms with Gasteiger partial charge in [0, 0.05) is 31.1 Å². The van der Waals surface area contributed by atoms with E-state index in [2.05, 4.69) is 11.8 Å². The van der Waals surface area contributed by atoms with Gasteiger partial charge in [0.25, 0.3) is 0 Å². The Labute approximate surface area is 200 Å². The van der Waals surface area contributed by atoms with Crippen LogP contribution in [0.5, 0.6) is 5.75 Å². The minimum absolute atomic E-state index is 0.0170. The Balaban J connectivity index is 1.45. The molecule has 0 aromatic heterocycles. The smallest absolute Gasteiger partial charge is 0.335 e. The first-order chi connectivity index (χ1) is 16.6. The van der Waals surface area contributed by atoms with E-state index in [0.29, 0.717) is 36.3 Å². The topological polar surface area (TPSA) is 61.8 Å². The first kappa shape index (κ1) is 24.8. The number of ketones is 1. The molecule has 0 aliphatic carbocycles. The van der Waals surface area contributed by atoms with E-state index in [-0.39, 0.29) is 18.4 Å². The average Bonchev–Trinajstić information content (AvgIpc) is 2.88. The molecule has 0 saturated heterocycles. The minimum atomic E-state index is -0.603. The normalized spacial score (nSPS) is 11.1. The van der Waals surface area contributed by atoms with Crippen LogP contribution in [-0.2, 0) is 27.1 Å². The monoisotopic (exact) mass is 456 g/mol. The van der Waals surface area contributed by atoms with Crippen LogP contribution < -0.4 is 4.74 Å². The van der Waals surface area contributed by atoms with Crippen LogP contribution in [0, 0.1) is 11.8 Å². The number of rotatable bonds is 10. The molecule has 3 rings (SSSR count). The van der Waals surface area contributed by atoms with Crippen LogP contribution in [0.1, 0.15) is 34.0 Å². The Kier molecular flexibility index (Phi) is 9.45. The van der Waals surface area contributed by atoms with Gasteiger partial charge in [-0.05, 0) is 42.3 Å². The lowest BCUT2D eigenvalue weighted by Gasteiger charge is -2.14. The van der Waals surface area contributed by atoms with Gasteiger partial charge in [-0.25, -0.2) is 4.79 Å². The zero-order valence-electron chi connectivity index (χ0n) is 19.5. The summed E-state index contributed by atoms with van der Waals surface area (Å²) in [5, 5.41) is 0. The summed E-state index contributed by atoms with van der Waals surface area (Å²) in [6.07, 6.45) is 0.457. The lowest BCUT2D eigenvalue weighted by molar-refractivity contribution is -0.154. The summed E-state index contributed by atoms with van der Waals surface area (Å²) in [5.74, 6) is 6.41. The lowest BCUT2D eigenvalue weighted by Crippen LogP contribution is -2.27. The number of carbonyl (C=O) groups excluding carboxylic acids is 2. The summed E-state index contributed by atoms with van der Waals surface area (Å²) in [5.41, 5.74) is 3.35. The molecule has 5 nitrogen and oxygen atoms in total. The van der Waals surface area contributed by atoms with Gasteiger partial charge in [0.2, 0.25) is 0 Å². The minimum Gasteiger partial charge on any atom is -0.481 e. The van der Waals surface area contributed by atoms with Gasteiger partial charge in [0.1, 0.15) is 12.4 Å². The van der Waals surface area contributed by atoms with Crippen LogP contribution >= 0.6 is 0 Å². The third kappa shape index (κ3) is 7.33. The fourth-order valence-corrected chi connectivity index (χ4v) is 3.30. The summed E-state index contributed by atoms with van der Waals surface area (Å²) >= 11 is 0.